The number of nitrogens with one attached hydrogen (secondary N) is 2. The smallest absolute Gasteiger partial charge is 0.412 e. The van der Waals surface area contributed by atoms with Gasteiger partial charge in [0, 0.05) is 10.9 Å². The van der Waals surface area contributed by atoms with Crippen LogP contribution in [-0.2, 0) is 4.74 Å². The summed E-state index contributed by atoms with van der Waals surface area (Å²) in [4.78, 5) is 25.8. The van der Waals surface area contributed by atoms with E-state index in [0.717, 1.165) is 0 Å². The number of hydrogen-bond donors (Lipinski definition) is 3. The lowest BCUT2D eigenvalue weighted by molar-refractivity contribution is 0.0636. The fraction of sp³-hybridized carbons (Fsp3) is 0.286. The molecule has 2 rings (SSSR count). The van der Waals surface area contributed by atoms with E-state index in [1.165, 1.54) is 0 Å². The van der Waals surface area contributed by atoms with Gasteiger partial charge >= 0.3 is 12.1 Å². The molecule has 1 aromatic heterocycles. The van der Waals surface area contributed by atoms with E-state index in [0.29, 0.717) is 10.9 Å². The van der Waals surface area contributed by atoms with Crippen molar-refractivity contribution in [1.29, 1.82) is 0 Å². The summed E-state index contributed by atoms with van der Waals surface area (Å²) in [5.41, 5.74) is 0.120. The van der Waals surface area contributed by atoms with E-state index in [-0.39, 0.29) is 11.4 Å². The second-order valence-electron chi connectivity index (χ2n) is 5.35. The Kier molecular flexibility index (Phi) is 3.40. The van der Waals surface area contributed by atoms with Crippen molar-refractivity contribution in [2.45, 2.75) is 26.4 Å². The molecule has 0 spiro atoms. The number of aromatic nitrogens is 1. The van der Waals surface area contributed by atoms with Crippen molar-refractivity contribution in [3.63, 3.8) is 0 Å². The van der Waals surface area contributed by atoms with Crippen LogP contribution in [0.25, 0.3) is 10.9 Å². The number of carbonyl (C=O) groups is 2. The standard InChI is InChI=1S/C14H16N2O4/c1-14(2,3)20-13(19)16-10-8-6-4-5-7-9(8)15-11(10)12(17)18/h4-7,15H,1-3H3,(H,16,19)(H,17,18). The maximum absolute atomic E-state index is 11.8. The Bertz CT molecular complexity index is 667. The van der Waals surface area contributed by atoms with Crippen molar-refractivity contribution < 1.29 is 19.4 Å². The van der Waals surface area contributed by atoms with Crippen LogP contribution in [-0.4, -0.2) is 27.8 Å². The summed E-state index contributed by atoms with van der Waals surface area (Å²) >= 11 is 0. The number of benzene rings is 1. The minimum Gasteiger partial charge on any atom is -0.477 e. The third-order valence-electron chi connectivity index (χ3n) is 2.55. The first-order chi connectivity index (χ1) is 9.28. The Labute approximate surface area is 115 Å². The highest BCUT2D eigenvalue weighted by molar-refractivity contribution is 6.09. The number of para-hydroxylation sites is 1. The Morgan fingerprint density at radius 2 is 1.90 bits per heavy atom. The van der Waals surface area contributed by atoms with Crippen LogP contribution in [0, 0.1) is 0 Å². The Hall–Kier alpha value is -2.50. The van der Waals surface area contributed by atoms with E-state index in [4.69, 9.17) is 4.74 Å². The molecule has 0 aliphatic carbocycles. The molecule has 1 heterocycles. The molecule has 0 atom stereocenters. The second-order valence-corrected chi connectivity index (χ2v) is 5.35. The van der Waals surface area contributed by atoms with E-state index in [1.54, 1.807) is 45.0 Å². The van der Waals surface area contributed by atoms with E-state index in [1.807, 2.05) is 0 Å². The second kappa shape index (κ2) is 4.88. The summed E-state index contributed by atoms with van der Waals surface area (Å²) in [5, 5.41) is 12.3. The number of anilines is 1. The molecule has 1 aromatic carbocycles. The lowest BCUT2D eigenvalue weighted by atomic mass is 10.2. The minimum absolute atomic E-state index is 0.0722. The predicted molar refractivity (Wildman–Crippen MR) is 75.1 cm³/mol. The molecule has 2 aromatic rings. The van der Waals surface area contributed by atoms with Crippen molar-refractivity contribution in [3.8, 4) is 0 Å². The highest BCUT2D eigenvalue weighted by Gasteiger charge is 2.22. The zero-order valence-electron chi connectivity index (χ0n) is 11.5. The number of amides is 1. The van der Waals surface area contributed by atoms with Crippen LogP contribution < -0.4 is 5.32 Å². The molecule has 6 heteroatoms. The summed E-state index contributed by atoms with van der Waals surface area (Å²) in [6.07, 6.45) is -0.690. The molecule has 20 heavy (non-hydrogen) atoms. The Balaban J connectivity index is 2.39. The molecule has 1 amide bonds. The molecule has 0 fully saturated rings. The molecule has 3 N–H and O–H groups in total. The first-order valence-electron chi connectivity index (χ1n) is 6.12. The van der Waals surface area contributed by atoms with Crippen LogP contribution in [0.3, 0.4) is 0 Å². The molecule has 0 aliphatic heterocycles. The molecule has 0 bridgehead atoms. The van der Waals surface area contributed by atoms with Crippen LogP contribution in [0.4, 0.5) is 10.5 Å². The van der Waals surface area contributed by atoms with Crippen LogP contribution in [0.2, 0.25) is 0 Å². The third-order valence-corrected chi connectivity index (χ3v) is 2.55. The summed E-state index contributed by atoms with van der Waals surface area (Å²) in [6.45, 7) is 5.21. The van der Waals surface area contributed by atoms with Gasteiger partial charge in [-0.2, -0.15) is 0 Å². The van der Waals surface area contributed by atoms with E-state index >= 15 is 0 Å². The van der Waals surface area contributed by atoms with Gasteiger partial charge in [-0.3, -0.25) is 5.32 Å². The number of rotatable bonds is 2. The van der Waals surface area contributed by atoms with Crippen molar-refractivity contribution in [1.82, 2.24) is 4.98 Å². The number of fused-ring (bicyclic) bond motifs is 1. The first-order valence-corrected chi connectivity index (χ1v) is 6.12. The van der Waals surface area contributed by atoms with Crippen molar-refractivity contribution in [3.05, 3.63) is 30.0 Å². The van der Waals surface area contributed by atoms with Crippen LogP contribution in [0.15, 0.2) is 24.3 Å². The van der Waals surface area contributed by atoms with Crippen LogP contribution in [0.1, 0.15) is 31.3 Å². The number of carbonyl (C=O) groups excluding carboxylic acids is 1. The maximum atomic E-state index is 11.8. The van der Waals surface area contributed by atoms with E-state index in [2.05, 4.69) is 10.3 Å². The largest absolute Gasteiger partial charge is 0.477 e. The summed E-state index contributed by atoms with van der Waals surface area (Å²) in [5.74, 6) is -1.15. The quantitative estimate of drug-likeness (QED) is 0.785. The normalized spacial score (nSPS) is 11.3. The summed E-state index contributed by atoms with van der Waals surface area (Å²) in [7, 11) is 0. The van der Waals surface area contributed by atoms with Gasteiger partial charge in [0.05, 0.1) is 5.69 Å². The number of hydrogen-bond acceptors (Lipinski definition) is 3. The molecule has 0 saturated heterocycles. The minimum atomic E-state index is -1.15. The number of H-pyrrole nitrogens is 1. The lowest BCUT2D eigenvalue weighted by Gasteiger charge is -2.19. The van der Waals surface area contributed by atoms with Crippen LogP contribution >= 0.6 is 0 Å². The predicted octanol–water partition coefficient (Wildman–Crippen LogP) is 3.21. The highest BCUT2D eigenvalue weighted by Crippen LogP contribution is 2.28. The van der Waals surface area contributed by atoms with Gasteiger partial charge in [0.25, 0.3) is 0 Å². The average Bonchev–Trinajstić information content (AvgIpc) is 2.66. The molecule has 106 valence electrons. The van der Waals surface area contributed by atoms with Gasteiger partial charge in [-0.05, 0) is 26.8 Å². The van der Waals surface area contributed by atoms with Gasteiger partial charge in [0.1, 0.15) is 11.3 Å². The van der Waals surface area contributed by atoms with Gasteiger partial charge in [-0.15, -0.1) is 0 Å². The highest BCUT2D eigenvalue weighted by atomic mass is 16.6. The fourth-order valence-electron chi connectivity index (χ4n) is 1.84. The van der Waals surface area contributed by atoms with Gasteiger partial charge in [0.2, 0.25) is 0 Å². The molecule has 0 saturated carbocycles. The van der Waals surface area contributed by atoms with Gasteiger partial charge in [-0.1, -0.05) is 18.2 Å². The van der Waals surface area contributed by atoms with E-state index in [9.17, 15) is 14.7 Å². The topological polar surface area (TPSA) is 91.4 Å². The summed E-state index contributed by atoms with van der Waals surface area (Å²) < 4.78 is 5.14. The molecule has 0 radical (unpaired) electrons. The lowest BCUT2D eigenvalue weighted by Crippen LogP contribution is -2.27. The number of carboxylic acids is 1. The fourth-order valence-corrected chi connectivity index (χ4v) is 1.84. The average molecular weight is 276 g/mol. The van der Waals surface area contributed by atoms with E-state index < -0.39 is 17.7 Å². The zero-order chi connectivity index (χ0) is 14.9. The van der Waals surface area contributed by atoms with Gasteiger partial charge < -0.3 is 14.8 Å². The SMILES string of the molecule is CC(C)(C)OC(=O)Nc1c(C(=O)O)[nH]c2ccccc12. The molecular formula is C14H16N2O4. The van der Waals surface area contributed by atoms with Gasteiger partial charge in [0.15, 0.2) is 0 Å². The van der Waals surface area contributed by atoms with Crippen molar-refractivity contribution in [2.24, 2.45) is 0 Å². The molecule has 6 nitrogen and oxygen atoms in total. The van der Waals surface area contributed by atoms with Crippen molar-refractivity contribution >= 4 is 28.7 Å². The molecule has 0 aliphatic rings. The first kappa shape index (κ1) is 13.9. The molecule has 0 unspecified atom stereocenters. The zero-order valence-corrected chi connectivity index (χ0v) is 11.5. The Morgan fingerprint density at radius 3 is 2.50 bits per heavy atom. The summed E-state index contributed by atoms with van der Waals surface area (Å²) in [6, 6.07) is 7.01. The monoisotopic (exact) mass is 276 g/mol. The van der Waals surface area contributed by atoms with Crippen LogP contribution in [0.5, 0.6) is 0 Å². The maximum Gasteiger partial charge on any atom is 0.412 e. The number of aromatic carboxylic acids is 1. The third kappa shape index (κ3) is 2.90. The molecular weight excluding hydrogens is 260 g/mol. The number of aromatic amines is 1. The number of ether oxygens (including phenoxy) is 1. The van der Waals surface area contributed by atoms with Gasteiger partial charge in [-0.25, -0.2) is 9.59 Å². The van der Waals surface area contributed by atoms with Crippen molar-refractivity contribution in [2.75, 3.05) is 5.32 Å². The number of carboxylic acid groups (broad SMARTS) is 1. The Morgan fingerprint density at radius 1 is 1.25 bits per heavy atom.